The van der Waals surface area contributed by atoms with Crippen LogP contribution in [0.4, 0.5) is 0 Å². The number of hydrogen-bond donors (Lipinski definition) is 2. The lowest BCUT2D eigenvalue weighted by molar-refractivity contribution is -0.150. The number of rotatable bonds is 5. The van der Waals surface area contributed by atoms with Crippen LogP contribution < -0.4 is 5.32 Å². The molecule has 2 amide bonds. The van der Waals surface area contributed by atoms with E-state index in [9.17, 15) is 14.4 Å². The standard InChI is InChI=1S/C13H15BrN2O5/c1-7(13(19)20)8-5-16(6-8)11(17)4-15-12(18)9-2-3-10(14)21-9/h2-3,7-8H,4-6H2,1H3,(H,15,18)(H,19,20). The molecule has 7 nitrogen and oxygen atoms in total. The molecule has 1 fully saturated rings. The molecule has 0 bridgehead atoms. The van der Waals surface area contributed by atoms with Gasteiger partial charge in [0.1, 0.15) is 0 Å². The van der Waals surface area contributed by atoms with Gasteiger partial charge in [0.25, 0.3) is 5.91 Å². The molecule has 0 radical (unpaired) electrons. The van der Waals surface area contributed by atoms with Crippen LogP contribution in [-0.4, -0.2) is 47.4 Å². The minimum atomic E-state index is -0.858. The molecule has 8 heteroatoms. The Balaban J connectivity index is 1.74. The van der Waals surface area contributed by atoms with Gasteiger partial charge in [-0.1, -0.05) is 6.92 Å². The molecular weight excluding hydrogens is 344 g/mol. The number of aliphatic carboxylic acids is 1. The molecule has 0 spiro atoms. The number of hydrogen-bond acceptors (Lipinski definition) is 4. The second kappa shape index (κ2) is 6.30. The van der Waals surface area contributed by atoms with Gasteiger partial charge in [-0.3, -0.25) is 14.4 Å². The summed E-state index contributed by atoms with van der Waals surface area (Å²) in [7, 11) is 0. The SMILES string of the molecule is CC(C(=O)O)C1CN(C(=O)CNC(=O)c2ccc(Br)o2)C1. The zero-order valence-electron chi connectivity index (χ0n) is 11.3. The van der Waals surface area contributed by atoms with Crippen molar-refractivity contribution in [2.75, 3.05) is 19.6 Å². The van der Waals surface area contributed by atoms with E-state index in [1.54, 1.807) is 13.0 Å². The van der Waals surface area contributed by atoms with Gasteiger partial charge in [0.05, 0.1) is 12.5 Å². The molecule has 1 aliphatic rings. The minimum absolute atomic E-state index is 0.0248. The summed E-state index contributed by atoms with van der Waals surface area (Å²) in [6, 6.07) is 3.09. The van der Waals surface area contributed by atoms with E-state index in [0.29, 0.717) is 17.8 Å². The summed E-state index contributed by atoms with van der Waals surface area (Å²) in [5.41, 5.74) is 0. The number of likely N-dealkylation sites (tertiary alicyclic amines) is 1. The van der Waals surface area contributed by atoms with Gasteiger partial charge in [0, 0.05) is 19.0 Å². The van der Waals surface area contributed by atoms with Gasteiger partial charge in [-0.15, -0.1) is 0 Å². The maximum absolute atomic E-state index is 11.8. The van der Waals surface area contributed by atoms with Crippen molar-refractivity contribution in [1.29, 1.82) is 0 Å². The van der Waals surface area contributed by atoms with Crippen molar-refractivity contribution in [1.82, 2.24) is 10.2 Å². The van der Waals surface area contributed by atoms with Gasteiger partial charge in [0.15, 0.2) is 10.4 Å². The van der Waals surface area contributed by atoms with Crippen molar-refractivity contribution < 1.29 is 23.9 Å². The summed E-state index contributed by atoms with van der Waals surface area (Å²) in [6.07, 6.45) is 0. The van der Waals surface area contributed by atoms with E-state index in [-0.39, 0.29) is 24.1 Å². The maximum atomic E-state index is 11.8. The van der Waals surface area contributed by atoms with Crippen LogP contribution in [0.1, 0.15) is 17.5 Å². The van der Waals surface area contributed by atoms with Crippen LogP contribution in [0.3, 0.4) is 0 Å². The molecule has 1 aromatic heterocycles. The van der Waals surface area contributed by atoms with E-state index in [4.69, 9.17) is 9.52 Å². The Kier molecular flexibility index (Phi) is 4.66. The van der Waals surface area contributed by atoms with Crippen molar-refractivity contribution in [3.8, 4) is 0 Å². The average molecular weight is 359 g/mol. The largest absolute Gasteiger partial charge is 0.481 e. The number of amides is 2. The summed E-state index contributed by atoms with van der Waals surface area (Å²) in [5.74, 6) is -1.93. The molecule has 2 rings (SSSR count). The molecule has 1 aromatic rings. The predicted octanol–water partition coefficient (Wildman–Crippen LogP) is 0.951. The third-order valence-electron chi connectivity index (χ3n) is 3.56. The Morgan fingerprint density at radius 3 is 2.67 bits per heavy atom. The minimum Gasteiger partial charge on any atom is -0.481 e. The molecule has 1 saturated heterocycles. The fourth-order valence-electron chi connectivity index (χ4n) is 2.03. The molecule has 0 aromatic carbocycles. The highest BCUT2D eigenvalue weighted by Crippen LogP contribution is 2.23. The van der Waals surface area contributed by atoms with Crippen molar-refractivity contribution in [2.45, 2.75) is 6.92 Å². The summed E-state index contributed by atoms with van der Waals surface area (Å²) < 4.78 is 5.50. The molecule has 2 N–H and O–H groups in total. The first-order valence-electron chi connectivity index (χ1n) is 6.42. The summed E-state index contributed by atoms with van der Waals surface area (Å²) in [6.45, 7) is 2.32. The second-order valence-corrected chi connectivity index (χ2v) is 5.75. The maximum Gasteiger partial charge on any atom is 0.306 e. The smallest absolute Gasteiger partial charge is 0.306 e. The van der Waals surface area contributed by atoms with Gasteiger partial charge in [-0.05, 0) is 28.1 Å². The normalized spacial score (nSPS) is 16.2. The Morgan fingerprint density at radius 2 is 2.14 bits per heavy atom. The summed E-state index contributed by atoms with van der Waals surface area (Å²) in [5, 5.41) is 11.3. The van der Waals surface area contributed by atoms with Crippen LogP contribution in [-0.2, 0) is 9.59 Å². The molecule has 1 atom stereocenters. The van der Waals surface area contributed by atoms with Crippen molar-refractivity contribution in [3.05, 3.63) is 22.6 Å². The number of carboxylic acids is 1. The Morgan fingerprint density at radius 1 is 1.48 bits per heavy atom. The molecule has 1 unspecified atom stereocenters. The van der Waals surface area contributed by atoms with E-state index in [2.05, 4.69) is 21.2 Å². The Hall–Kier alpha value is -1.83. The highest BCUT2D eigenvalue weighted by atomic mass is 79.9. The monoisotopic (exact) mass is 358 g/mol. The first kappa shape index (κ1) is 15.6. The third-order valence-corrected chi connectivity index (χ3v) is 3.98. The van der Waals surface area contributed by atoms with Crippen LogP contribution in [0.2, 0.25) is 0 Å². The van der Waals surface area contributed by atoms with E-state index < -0.39 is 17.8 Å². The number of furan rings is 1. The van der Waals surface area contributed by atoms with Crippen molar-refractivity contribution in [3.63, 3.8) is 0 Å². The van der Waals surface area contributed by atoms with E-state index in [1.807, 2.05) is 0 Å². The fraction of sp³-hybridized carbons (Fsp3) is 0.462. The van der Waals surface area contributed by atoms with Crippen LogP contribution >= 0.6 is 15.9 Å². The molecular formula is C13H15BrN2O5. The average Bonchev–Trinajstić information content (AvgIpc) is 2.80. The van der Waals surface area contributed by atoms with Crippen molar-refractivity contribution in [2.24, 2.45) is 11.8 Å². The lowest BCUT2D eigenvalue weighted by atomic mass is 9.87. The summed E-state index contributed by atoms with van der Waals surface area (Å²) >= 11 is 3.09. The van der Waals surface area contributed by atoms with Crippen molar-refractivity contribution >= 4 is 33.7 Å². The molecule has 2 heterocycles. The highest BCUT2D eigenvalue weighted by Gasteiger charge is 2.37. The van der Waals surface area contributed by atoms with E-state index >= 15 is 0 Å². The third kappa shape index (κ3) is 3.63. The number of nitrogens with zero attached hydrogens (tertiary/aromatic N) is 1. The molecule has 0 saturated carbocycles. The van der Waals surface area contributed by atoms with Gasteiger partial charge >= 0.3 is 5.97 Å². The zero-order chi connectivity index (χ0) is 15.6. The Bertz CT molecular complexity index is 565. The van der Waals surface area contributed by atoms with Crippen LogP contribution in [0.25, 0.3) is 0 Å². The first-order chi connectivity index (χ1) is 9.88. The van der Waals surface area contributed by atoms with Crippen LogP contribution in [0.5, 0.6) is 0 Å². The lowest BCUT2D eigenvalue weighted by Gasteiger charge is -2.41. The van der Waals surface area contributed by atoms with Crippen LogP contribution in [0, 0.1) is 11.8 Å². The van der Waals surface area contributed by atoms with Gasteiger partial charge in [-0.25, -0.2) is 0 Å². The highest BCUT2D eigenvalue weighted by molar-refractivity contribution is 9.10. The molecule has 21 heavy (non-hydrogen) atoms. The number of carbonyl (C=O) groups excluding carboxylic acids is 2. The quantitative estimate of drug-likeness (QED) is 0.816. The fourth-order valence-corrected chi connectivity index (χ4v) is 2.33. The Labute approximate surface area is 129 Å². The van der Waals surface area contributed by atoms with E-state index in [1.165, 1.54) is 11.0 Å². The van der Waals surface area contributed by atoms with E-state index in [0.717, 1.165) is 0 Å². The van der Waals surface area contributed by atoms with Gasteiger partial charge in [-0.2, -0.15) is 0 Å². The second-order valence-electron chi connectivity index (χ2n) is 4.97. The van der Waals surface area contributed by atoms with Crippen LogP contribution in [0.15, 0.2) is 21.2 Å². The van der Waals surface area contributed by atoms with Gasteiger partial charge in [0.2, 0.25) is 5.91 Å². The topological polar surface area (TPSA) is 99.9 Å². The summed E-state index contributed by atoms with van der Waals surface area (Å²) in [4.78, 5) is 35.8. The number of carboxylic acid groups (broad SMARTS) is 1. The zero-order valence-corrected chi connectivity index (χ0v) is 12.9. The number of nitrogens with one attached hydrogen (secondary N) is 1. The number of carbonyl (C=O) groups is 3. The molecule has 114 valence electrons. The lowest BCUT2D eigenvalue weighted by Crippen LogP contribution is -2.55. The number of halogens is 1. The molecule has 1 aliphatic heterocycles. The predicted molar refractivity (Wildman–Crippen MR) is 75.6 cm³/mol. The molecule has 0 aliphatic carbocycles. The van der Waals surface area contributed by atoms with Gasteiger partial charge < -0.3 is 19.7 Å². The first-order valence-corrected chi connectivity index (χ1v) is 7.22.